The minimum atomic E-state index is 0.248. The van der Waals surface area contributed by atoms with E-state index in [0.29, 0.717) is 6.04 Å². The third-order valence-electron chi connectivity index (χ3n) is 4.06. The van der Waals surface area contributed by atoms with Gasteiger partial charge in [0, 0.05) is 12.1 Å². The van der Waals surface area contributed by atoms with Gasteiger partial charge in [0.15, 0.2) is 0 Å². The lowest BCUT2D eigenvalue weighted by Gasteiger charge is -2.37. The van der Waals surface area contributed by atoms with Crippen molar-refractivity contribution < 1.29 is 0 Å². The fourth-order valence-corrected chi connectivity index (χ4v) is 2.55. The third kappa shape index (κ3) is 4.06. The first-order chi connectivity index (χ1) is 7.45. The van der Waals surface area contributed by atoms with E-state index in [9.17, 15) is 0 Å². The van der Waals surface area contributed by atoms with Crippen LogP contribution in [0.4, 0.5) is 0 Å². The number of hydrogen-bond acceptors (Lipinski definition) is 2. The average Bonchev–Trinajstić information content (AvgIpc) is 2.24. The van der Waals surface area contributed by atoms with Crippen LogP contribution >= 0.6 is 0 Å². The Hall–Kier alpha value is -0.0800. The van der Waals surface area contributed by atoms with Gasteiger partial charge >= 0.3 is 0 Å². The molecule has 0 spiro atoms. The summed E-state index contributed by atoms with van der Waals surface area (Å²) in [6, 6.07) is 1.15. The van der Waals surface area contributed by atoms with Crippen LogP contribution in [0.25, 0.3) is 0 Å². The second-order valence-electron chi connectivity index (χ2n) is 6.36. The van der Waals surface area contributed by atoms with E-state index in [2.05, 4.69) is 32.6 Å². The summed E-state index contributed by atoms with van der Waals surface area (Å²) in [5.41, 5.74) is 6.48. The van der Waals surface area contributed by atoms with Crippen molar-refractivity contribution in [3.05, 3.63) is 0 Å². The van der Waals surface area contributed by atoms with Gasteiger partial charge in [0.2, 0.25) is 0 Å². The Labute approximate surface area is 102 Å². The zero-order valence-electron chi connectivity index (χ0n) is 11.6. The second-order valence-corrected chi connectivity index (χ2v) is 6.36. The summed E-state index contributed by atoms with van der Waals surface area (Å²) in [5.74, 6) is 0. The third-order valence-corrected chi connectivity index (χ3v) is 4.06. The largest absolute Gasteiger partial charge is 0.327 e. The van der Waals surface area contributed by atoms with Gasteiger partial charge in [-0.1, -0.05) is 34.1 Å². The predicted octanol–water partition coefficient (Wildman–Crippen LogP) is 3.01. The molecule has 0 aromatic carbocycles. The van der Waals surface area contributed by atoms with Gasteiger partial charge in [-0.25, -0.2) is 0 Å². The molecule has 1 heterocycles. The van der Waals surface area contributed by atoms with E-state index < -0.39 is 0 Å². The van der Waals surface area contributed by atoms with Crippen LogP contribution in [0.1, 0.15) is 59.8 Å². The maximum atomic E-state index is 6.23. The molecule has 1 fully saturated rings. The summed E-state index contributed by atoms with van der Waals surface area (Å²) in [5, 5.41) is 0. The van der Waals surface area contributed by atoms with Crippen molar-refractivity contribution in [3.63, 3.8) is 0 Å². The number of piperidine rings is 1. The number of hydrogen-bond donors (Lipinski definition) is 1. The fourth-order valence-electron chi connectivity index (χ4n) is 2.55. The van der Waals surface area contributed by atoms with E-state index in [0.717, 1.165) is 12.5 Å². The summed E-state index contributed by atoms with van der Waals surface area (Å²) >= 11 is 0. The lowest BCUT2D eigenvalue weighted by atomic mass is 9.85. The molecule has 0 aliphatic carbocycles. The molecule has 1 aliphatic rings. The van der Waals surface area contributed by atoms with Crippen molar-refractivity contribution in [2.24, 2.45) is 11.1 Å². The van der Waals surface area contributed by atoms with Gasteiger partial charge in [-0.05, 0) is 44.2 Å². The normalized spacial score (nSPS) is 25.7. The van der Waals surface area contributed by atoms with Crippen LogP contribution in [-0.4, -0.2) is 30.1 Å². The van der Waals surface area contributed by atoms with Crippen LogP contribution < -0.4 is 5.73 Å². The average molecular weight is 226 g/mol. The zero-order chi connectivity index (χ0) is 12.2. The Morgan fingerprint density at radius 3 is 2.56 bits per heavy atom. The van der Waals surface area contributed by atoms with Crippen molar-refractivity contribution in [2.45, 2.75) is 71.9 Å². The summed E-state index contributed by atoms with van der Waals surface area (Å²) in [6.07, 6.45) is 6.62. The van der Waals surface area contributed by atoms with Gasteiger partial charge in [-0.15, -0.1) is 0 Å². The molecule has 1 saturated heterocycles. The van der Waals surface area contributed by atoms with E-state index >= 15 is 0 Å². The lowest BCUT2D eigenvalue weighted by molar-refractivity contribution is 0.131. The Balaban J connectivity index is 2.35. The summed E-state index contributed by atoms with van der Waals surface area (Å²) < 4.78 is 0. The van der Waals surface area contributed by atoms with Gasteiger partial charge in [0.1, 0.15) is 0 Å². The Morgan fingerprint density at radius 1 is 1.31 bits per heavy atom. The van der Waals surface area contributed by atoms with Crippen molar-refractivity contribution in [2.75, 3.05) is 13.1 Å². The molecule has 2 N–H and O–H groups in total. The Bertz CT molecular complexity index is 195. The van der Waals surface area contributed by atoms with Crippen molar-refractivity contribution in [1.29, 1.82) is 0 Å². The first-order valence-electron chi connectivity index (χ1n) is 6.94. The minimum absolute atomic E-state index is 0.248. The van der Waals surface area contributed by atoms with E-state index in [1.54, 1.807) is 0 Å². The summed E-state index contributed by atoms with van der Waals surface area (Å²) in [6.45, 7) is 11.5. The topological polar surface area (TPSA) is 29.3 Å². The molecule has 0 saturated carbocycles. The predicted molar refractivity (Wildman–Crippen MR) is 71.6 cm³/mol. The number of likely N-dealkylation sites (tertiary alicyclic amines) is 1. The molecule has 16 heavy (non-hydrogen) atoms. The highest BCUT2D eigenvalue weighted by atomic mass is 15.2. The highest BCUT2D eigenvalue weighted by molar-refractivity contribution is 4.81. The first-order valence-corrected chi connectivity index (χ1v) is 6.94. The smallest absolute Gasteiger partial charge is 0.00998 e. The summed E-state index contributed by atoms with van der Waals surface area (Å²) in [4.78, 5) is 2.66. The summed E-state index contributed by atoms with van der Waals surface area (Å²) in [7, 11) is 0. The highest BCUT2D eigenvalue weighted by Gasteiger charge is 2.24. The molecule has 0 bridgehead atoms. The quantitative estimate of drug-likeness (QED) is 0.798. The molecular weight excluding hydrogens is 196 g/mol. The van der Waals surface area contributed by atoms with Crippen LogP contribution in [0.5, 0.6) is 0 Å². The van der Waals surface area contributed by atoms with Crippen LogP contribution in [0.15, 0.2) is 0 Å². The second kappa shape index (κ2) is 6.02. The van der Waals surface area contributed by atoms with E-state index in [-0.39, 0.29) is 5.41 Å². The van der Waals surface area contributed by atoms with Crippen LogP contribution in [0.2, 0.25) is 0 Å². The van der Waals surface area contributed by atoms with Crippen LogP contribution in [0.3, 0.4) is 0 Å². The molecule has 2 atom stereocenters. The molecule has 1 rings (SSSR count). The number of rotatable bonds is 4. The Morgan fingerprint density at radius 2 is 2.00 bits per heavy atom. The van der Waals surface area contributed by atoms with E-state index in [1.165, 1.54) is 38.8 Å². The van der Waals surface area contributed by atoms with E-state index in [4.69, 9.17) is 5.73 Å². The van der Waals surface area contributed by atoms with Crippen LogP contribution in [0, 0.1) is 5.41 Å². The van der Waals surface area contributed by atoms with Gasteiger partial charge in [-0.3, -0.25) is 0 Å². The molecule has 2 heteroatoms. The zero-order valence-corrected chi connectivity index (χ0v) is 11.6. The molecule has 0 radical (unpaired) electrons. The van der Waals surface area contributed by atoms with Crippen molar-refractivity contribution in [3.8, 4) is 0 Å². The maximum absolute atomic E-state index is 6.23. The van der Waals surface area contributed by atoms with Gasteiger partial charge < -0.3 is 10.6 Å². The fraction of sp³-hybridized carbons (Fsp3) is 1.00. The van der Waals surface area contributed by atoms with Crippen molar-refractivity contribution in [1.82, 2.24) is 4.90 Å². The SMILES string of the molecule is CCC1CCCCN1CCC(N)C(C)(C)C. The molecule has 1 aliphatic heterocycles. The van der Waals surface area contributed by atoms with Crippen LogP contribution in [-0.2, 0) is 0 Å². The van der Waals surface area contributed by atoms with Crippen molar-refractivity contribution >= 4 is 0 Å². The van der Waals surface area contributed by atoms with Gasteiger partial charge in [0.25, 0.3) is 0 Å². The van der Waals surface area contributed by atoms with Gasteiger partial charge in [0.05, 0.1) is 0 Å². The number of nitrogens with zero attached hydrogens (tertiary/aromatic N) is 1. The lowest BCUT2D eigenvalue weighted by Crippen LogP contribution is -2.43. The molecule has 96 valence electrons. The molecule has 2 nitrogen and oxygen atoms in total. The Kier molecular flexibility index (Phi) is 5.26. The molecule has 0 amide bonds. The highest BCUT2D eigenvalue weighted by Crippen LogP contribution is 2.23. The number of nitrogens with two attached hydrogens (primary N) is 1. The molecule has 2 unspecified atom stereocenters. The van der Waals surface area contributed by atoms with Gasteiger partial charge in [-0.2, -0.15) is 0 Å². The first kappa shape index (κ1) is 14.0. The molecule has 0 aromatic rings. The monoisotopic (exact) mass is 226 g/mol. The maximum Gasteiger partial charge on any atom is 0.00998 e. The molecular formula is C14H30N2. The standard InChI is InChI=1S/C14H30N2/c1-5-12-8-6-7-10-16(12)11-9-13(15)14(2,3)4/h12-13H,5-11,15H2,1-4H3. The molecule has 0 aromatic heterocycles. The van der Waals surface area contributed by atoms with E-state index in [1.807, 2.05) is 0 Å². The minimum Gasteiger partial charge on any atom is -0.327 e.